The molecule has 1 unspecified atom stereocenters. The van der Waals surface area contributed by atoms with Crippen LogP contribution >= 0.6 is 48.3 Å². The number of pyridine rings is 1. The van der Waals surface area contributed by atoms with Crippen LogP contribution in [0.15, 0.2) is 23.3 Å². The molecule has 1 aliphatic rings. The van der Waals surface area contributed by atoms with Crippen LogP contribution in [0.1, 0.15) is 5.69 Å². The zero-order valence-electron chi connectivity index (χ0n) is 14.5. The van der Waals surface area contributed by atoms with Crippen LogP contribution < -0.4 is 0 Å². The highest BCUT2D eigenvalue weighted by molar-refractivity contribution is 8.14. The van der Waals surface area contributed by atoms with Crippen molar-refractivity contribution >= 4 is 53.3 Å². The highest BCUT2D eigenvalue weighted by Gasteiger charge is 2.22. The monoisotopic (exact) mass is 411 g/mol. The number of thioether (sulfide) groups is 2. The van der Waals surface area contributed by atoms with Crippen molar-refractivity contribution in [2.24, 2.45) is 4.99 Å². The summed E-state index contributed by atoms with van der Waals surface area (Å²) in [4.78, 5) is 11.0. The maximum absolute atomic E-state index is 10.2. The van der Waals surface area contributed by atoms with Gasteiger partial charge in [0.05, 0.1) is 6.04 Å². The first kappa shape index (κ1) is 23.9. The molecule has 0 radical (unpaired) electrons. The second-order valence-electron chi connectivity index (χ2n) is 4.82. The molecule has 0 aliphatic carbocycles. The minimum Gasteiger partial charge on any atom is -0.506 e. The van der Waals surface area contributed by atoms with Crippen LogP contribution in [0, 0.1) is 0 Å². The van der Waals surface area contributed by atoms with Crippen LogP contribution in [0.4, 0.5) is 3.89 Å². The van der Waals surface area contributed by atoms with E-state index in [-0.39, 0.29) is 23.9 Å². The van der Waals surface area contributed by atoms with E-state index >= 15 is 0 Å². The Labute approximate surface area is 163 Å². The van der Waals surface area contributed by atoms with Crippen molar-refractivity contribution in [3.8, 4) is 5.75 Å². The molecule has 1 atom stereocenters. The third-order valence-electron chi connectivity index (χ3n) is 2.71. The Morgan fingerprint density at radius 3 is 2.62 bits per heavy atom. The highest BCUT2D eigenvalue weighted by atomic mass is 32.2. The maximum atomic E-state index is 10.2. The van der Waals surface area contributed by atoms with E-state index in [2.05, 4.69) is 34.6 Å². The quantitative estimate of drug-likeness (QED) is 0.720. The Morgan fingerprint density at radius 2 is 2.08 bits per heavy atom. The van der Waals surface area contributed by atoms with Gasteiger partial charge in [0.2, 0.25) is 0 Å². The van der Waals surface area contributed by atoms with Crippen molar-refractivity contribution < 1.29 is 8.99 Å². The second kappa shape index (κ2) is 15.2. The fourth-order valence-corrected chi connectivity index (χ4v) is 3.21. The normalized spacial score (nSPS) is 16.0. The van der Waals surface area contributed by atoms with Gasteiger partial charge >= 0.3 is 0 Å². The Bertz CT molecular complexity index is 478. The van der Waals surface area contributed by atoms with E-state index < -0.39 is 0 Å². The molecule has 0 bridgehead atoms. The number of nitrogens with zero attached hydrogens (tertiary/aromatic N) is 3. The van der Waals surface area contributed by atoms with Crippen LogP contribution in [-0.4, -0.2) is 76.5 Å². The zero-order chi connectivity index (χ0) is 18.4. The van der Waals surface area contributed by atoms with Crippen LogP contribution in [0.25, 0.3) is 0 Å². The average molecular weight is 412 g/mol. The number of aromatic hydroxyl groups is 1. The first-order valence-electron chi connectivity index (χ1n) is 7.23. The van der Waals surface area contributed by atoms with Crippen LogP contribution in [0.3, 0.4) is 0 Å². The summed E-state index contributed by atoms with van der Waals surface area (Å²) in [5.41, 5.74) is 0.599. The first-order valence-corrected chi connectivity index (χ1v) is 11.6. The molecule has 0 amide bonds. The van der Waals surface area contributed by atoms with Crippen molar-refractivity contribution in [3.63, 3.8) is 0 Å². The van der Waals surface area contributed by atoms with E-state index in [1.807, 2.05) is 12.5 Å². The predicted molar refractivity (Wildman–Crippen MR) is 114 cm³/mol. The third kappa shape index (κ3) is 10.0. The Balaban J connectivity index is 0.000000772. The van der Waals surface area contributed by atoms with E-state index in [0.717, 1.165) is 29.6 Å². The van der Waals surface area contributed by atoms with Crippen molar-refractivity contribution in [1.29, 1.82) is 0 Å². The lowest BCUT2D eigenvalue weighted by atomic mass is 10.3. The van der Waals surface area contributed by atoms with E-state index in [4.69, 9.17) is 0 Å². The standard InChI is InChI=1S/C12H17N3OS2.C2H6S.CH3FS/c1-15(5-6-17)7-9-8-18-12(14-9)11-10(16)3-2-4-13-11;2*1-3-2/h2-4,9,16-17H,5-8H2,1H3;1-2H3;1H3. The van der Waals surface area contributed by atoms with Gasteiger partial charge in [-0.1, -0.05) is 0 Å². The third-order valence-corrected chi connectivity index (χ3v) is 4.03. The average Bonchev–Trinajstić information content (AvgIpc) is 2.97. The Hall–Kier alpha value is -0.0900. The molecule has 9 heteroatoms. The van der Waals surface area contributed by atoms with Gasteiger partial charge in [-0.3, -0.25) is 9.98 Å². The smallest absolute Gasteiger partial charge is 0.144 e. The maximum Gasteiger partial charge on any atom is 0.144 e. The fraction of sp³-hybridized carbons (Fsp3) is 0.600. The fourth-order valence-electron chi connectivity index (χ4n) is 1.82. The van der Waals surface area contributed by atoms with E-state index in [9.17, 15) is 8.99 Å². The van der Waals surface area contributed by atoms with Gasteiger partial charge in [0.15, 0.2) is 0 Å². The first-order chi connectivity index (χ1) is 11.5. The number of aliphatic imine (C=N–C) groups is 1. The van der Waals surface area contributed by atoms with Gasteiger partial charge in [-0.05, 0) is 31.7 Å². The lowest BCUT2D eigenvalue weighted by Crippen LogP contribution is -2.29. The predicted octanol–water partition coefficient (Wildman–Crippen LogP) is 3.72. The molecule has 2 rings (SSSR count). The van der Waals surface area contributed by atoms with E-state index in [1.165, 1.54) is 6.26 Å². The molecule has 1 aromatic heterocycles. The van der Waals surface area contributed by atoms with Crippen molar-refractivity contribution in [2.75, 3.05) is 50.4 Å². The number of hydrogen-bond donors (Lipinski definition) is 2. The van der Waals surface area contributed by atoms with Gasteiger partial charge in [0.25, 0.3) is 0 Å². The number of likely N-dealkylation sites (N-methyl/N-ethyl adjacent to an activating group) is 1. The molecule has 0 spiro atoms. The summed E-state index contributed by atoms with van der Waals surface area (Å²) in [5.74, 6) is 2.00. The summed E-state index contributed by atoms with van der Waals surface area (Å²) in [6.45, 7) is 1.88. The summed E-state index contributed by atoms with van der Waals surface area (Å²) < 4.78 is 10.2. The number of hydrogen-bond acceptors (Lipinski definition) is 8. The lowest BCUT2D eigenvalue weighted by Gasteiger charge is -2.17. The topological polar surface area (TPSA) is 48.7 Å². The SMILES string of the molecule is CN(CCS)CC1CSC(c2ncccc2O)=N1.CSC.CSF. The molecular formula is C15H26FN3OS4. The Morgan fingerprint density at radius 1 is 1.46 bits per heavy atom. The number of thiol groups is 1. The summed E-state index contributed by atoms with van der Waals surface area (Å²) in [6, 6.07) is 3.64. The molecule has 24 heavy (non-hydrogen) atoms. The Kier molecular flexibility index (Phi) is 15.1. The summed E-state index contributed by atoms with van der Waals surface area (Å²) in [7, 11) is 2.08. The molecule has 4 nitrogen and oxygen atoms in total. The molecule has 0 fully saturated rings. The summed E-state index contributed by atoms with van der Waals surface area (Å²) in [5, 5.41) is 10.6. The minimum atomic E-state index is 0.202. The van der Waals surface area contributed by atoms with E-state index in [0.29, 0.717) is 5.69 Å². The van der Waals surface area contributed by atoms with Crippen LogP contribution in [-0.2, 0) is 0 Å². The molecule has 1 aliphatic heterocycles. The largest absolute Gasteiger partial charge is 0.506 e. The van der Waals surface area contributed by atoms with Gasteiger partial charge in [-0.2, -0.15) is 28.3 Å². The number of halogens is 1. The van der Waals surface area contributed by atoms with Crippen molar-refractivity contribution in [2.45, 2.75) is 6.04 Å². The second-order valence-corrected chi connectivity index (χ2v) is 7.40. The van der Waals surface area contributed by atoms with Crippen molar-refractivity contribution in [3.05, 3.63) is 24.0 Å². The highest BCUT2D eigenvalue weighted by Crippen LogP contribution is 2.27. The lowest BCUT2D eigenvalue weighted by molar-refractivity contribution is 0.340. The molecule has 0 saturated carbocycles. The number of rotatable bonds is 5. The summed E-state index contributed by atoms with van der Waals surface area (Å²) >= 11 is 7.88. The molecule has 1 N–H and O–H groups in total. The number of aromatic nitrogens is 1. The van der Waals surface area contributed by atoms with Gasteiger partial charge in [0, 0.05) is 49.2 Å². The molecule has 0 saturated heterocycles. The molecule has 2 heterocycles. The molecular weight excluding hydrogens is 385 g/mol. The van der Waals surface area contributed by atoms with Gasteiger partial charge in [-0.25, -0.2) is 0 Å². The molecule has 138 valence electrons. The van der Waals surface area contributed by atoms with Gasteiger partial charge in [0.1, 0.15) is 16.5 Å². The van der Waals surface area contributed by atoms with Crippen LogP contribution in [0.5, 0.6) is 5.75 Å². The molecule has 0 aromatic carbocycles. The van der Waals surface area contributed by atoms with Crippen LogP contribution in [0.2, 0.25) is 0 Å². The van der Waals surface area contributed by atoms with E-state index in [1.54, 1.807) is 41.9 Å². The van der Waals surface area contributed by atoms with Gasteiger partial charge < -0.3 is 10.0 Å². The van der Waals surface area contributed by atoms with Crippen molar-refractivity contribution in [1.82, 2.24) is 9.88 Å². The summed E-state index contributed by atoms with van der Waals surface area (Å²) in [6.07, 6.45) is 7.14. The molecule has 1 aromatic rings. The van der Waals surface area contributed by atoms with Gasteiger partial charge in [-0.15, -0.1) is 11.8 Å². The minimum absolute atomic E-state index is 0.202. The zero-order valence-corrected chi connectivity index (χ0v) is 17.8.